The van der Waals surface area contributed by atoms with Gasteiger partial charge in [-0.25, -0.2) is 29.9 Å². The van der Waals surface area contributed by atoms with E-state index in [1.807, 2.05) is 5.32 Å². The van der Waals surface area contributed by atoms with E-state index in [-0.39, 0.29) is 102 Å². The number of carbonyl (C=O) groups is 10. The molecule has 462 valence electrons. The number of nitrogens with one attached hydrogen (secondary N) is 9. The van der Waals surface area contributed by atoms with Gasteiger partial charge in [0.05, 0.1) is 40.7 Å². The van der Waals surface area contributed by atoms with Crippen LogP contribution in [0.25, 0.3) is 39.1 Å². The van der Waals surface area contributed by atoms with Gasteiger partial charge < -0.3 is 81.8 Å². The van der Waals surface area contributed by atoms with Crippen LogP contribution in [0.4, 0.5) is 0 Å². The predicted molar refractivity (Wildman–Crippen MR) is 313 cm³/mol. The zero-order valence-corrected chi connectivity index (χ0v) is 49.6. The number of ether oxygens (including phenoxy) is 1. The van der Waals surface area contributed by atoms with Gasteiger partial charge in [0.1, 0.15) is 73.2 Å². The second kappa shape index (κ2) is 27.4. The molecule has 0 aliphatic carbocycles. The molecule has 0 saturated heterocycles. The molecule has 7 heterocycles. The third-order valence-electron chi connectivity index (χ3n) is 12.0. The number of carbonyl (C=O) groups excluding carboxylic acids is 10. The Morgan fingerprint density at radius 2 is 1.21 bits per heavy atom. The van der Waals surface area contributed by atoms with Crippen LogP contribution >= 0.6 is 22.7 Å². The van der Waals surface area contributed by atoms with E-state index >= 15 is 0 Å². The Labute approximate surface area is 510 Å². The largest absolute Gasteiger partial charge is 0.440 e. The van der Waals surface area contributed by atoms with Crippen LogP contribution in [0.5, 0.6) is 0 Å². The maximum Gasteiger partial charge on any atom is 0.278 e. The summed E-state index contributed by atoms with van der Waals surface area (Å²) in [5, 5.41) is 45.4. The lowest BCUT2D eigenvalue weighted by Crippen LogP contribution is -2.52. The van der Waals surface area contributed by atoms with E-state index in [0.29, 0.717) is 0 Å². The number of allylic oxidation sites excluding steroid dienone is 1. The monoisotopic (exact) mass is 1260 g/mol. The van der Waals surface area contributed by atoms with E-state index < -0.39 is 112 Å². The van der Waals surface area contributed by atoms with Crippen LogP contribution < -0.4 is 53.6 Å². The van der Waals surface area contributed by atoms with Crippen LogP contribution in [0.15, 0.2) is 104 Å². The van der Waals surface area contributed by atoms with Crippen molar-refractivity contribution in [2.75, 3.05) is 7.11 Å². The quantitative estimate of drug-likeness (QED) is 0.0863. The Kier molecular flexibility index (Phi) is 20.2. The number of hydrogen-bond donors (Lipinski definition) is 12. The number of methoxy groups -OCH3 is 1. The number of oxazole rings is 3. The van der Waals surface area contributed by atoms with Gasteiger partial charge in [-0.05, 0) is 59.8 Å². The Hall–Kier alpha value is -11.2. The summed E-state index contributed by atoms with van der Waals surface area (Å²) in [5.41, 5.74) is 0.606. The zero-order chi connectivity index (χ0) is 65.5. The minimum atomic E-state index is -1.74. The van der Waals surface area contributed by atoms with Crippen molar-refractivity contribution in [2.24, 2.45) is 5.73 Å². The summed E-state index contributed by atoms with van der Waals surface area (Å²) in [4.78, 5) is 159. The molecular weight excluding hydrogens is 1200 g/mol. The molecular formula is C55H54N16O16S2. The molecule has 13 N–H and O–H groups in total. The molecule has 0 radical (unpaired) electrons. The average molecular weight is 1260 g/mol. The zero-order valence-electron chi connectivity index (χ0n) is 48.0. The maximum atomic E-state index is 14.0. The molecule has 0 spiro atoms. The fourth-order valence-electron chi connectivity index (χ4n) is 7.55. The first-order valence-corrected chi connectivity index (χ1v) is 27.4. The van der Waals surface area contributed by atoms with Gasteiger partial charge in [-0.15, -0.1) is 22.7 Å². The highest BCUT2D eigenvalue weighted by atomic mass is 32.1. The molecule has 6 aromatic rings. The number of rotatable bonds is 10. The van der Waals surface area contributed by atoms with Crippen LogP contribution in [0.3, 0.4) is 0 Å². The van der Waals surface area contributed by atoms with E-state index in [0.717, 1.165) is 28.7 Å². The van der Waals surface area contributed by atoms with Crippen molar-refractivity contribution in [3.63, 3.8) is 0 Å². The summed E-state index contributed by atoms with van der Waals surface area (Å²) in [5.74, 6) is -11.0. The molecule has 34 heteroatoms. The first-order valence-electron chi connectivity index (χ1n) is 25.7. The highest BCUT2D eigenvalue weighted by molar-refractivity contribution is 7.13. The highest BCUT2D eigenvalue weighted by Crippen LogP contribution is 2.35. The maximum absolute atomic E-state index is 14.0. The summed E-state index contributed by atoms with van der Waals surface area (Å²) in [6.07, 6.45) is -1.61. The van der Waals surface area contributed by atoms with Crippen molar-refractivity contribution >= 4 is 98.8 Å². The van der Waals surface area contributed by atoms with Crippen LogP contribution in [-0.4, -0.2) is 125 Å². The van der Waals surface area contributed by atoms with Gasteiger partial charge in [0.25, 0.3) is 53.2 Å². The highest BCUT2D eigenvalue weighted by Gasteiger charge is 2.33. The minimum absolute atomic E-state index is 0.00301. The topological polar surface area (TPSA) is 471 Å². The molecule has 1 aliphatic rings. The number of nitrogens with two attached hydrogens (primary N) is 1. The standard InChI is InChI=1S/C55H54N16O16S2/c1-13-30-51-69-37(27(10)86-51)48(82)60-23(6)43(77)61-24(7)50-68-36(26(9)85-50)39-29(14-15-31(62-39)44(78)59-22(5)42(76)58-21(4)41(75)57-20(3)40(56)74)54-65-34(17-88-54)46(80)67-35(25(8)73)47(81)64-32(16-19(2)72)52-70-38(28(11)87-52)49(83)71-53(84-12)55-66-33(18-89-55)45(79)63-30/h13-19,25,35,53,72-73H,3-7H2,1-2,8-12H3,(H2,56,74)(H,57,75)(H,58,76)(H,59,78)(H,60,82)(H,61,77)(H,63,79)(H,64,81)(H,67,80)(H,71,83)/b30-13+,32-16+. The van der Waals surface area contributed by atoms with Gasteiger partial charge in [0.2, 0.25) is 23.6 Å². The van der Waals surface area contributed by atoms with Gasteiger partial charge in [-0.2, -0.15) is 0 Å². The van der Waals surface area contributed by atoms with Crippen molar-refractivity contribution in [2.45, 2.75) is 66.0 Å². The molecule has 10 bridgehead atoms. The molecule has 0 saturated carbocycles. The van der Waals surface area contributed by atoms with Crippen molar-refractivity contribution in [3.05, 3.63) is 159 Å². The number of aryl methyl sites for hydroxylation is 3. The fraction of sp³-hybridized carbons (Fsp3) is 0.200. The molecule has 32 nitrogen and oxygen atoms in total. The Morgan fingerprint density at radius 1 is 0.652 bits per heavy atom. The molecule has 6 aromatic heterocycles. The van der Waals surface area contributed by atoms with Gasteiger partial charge >= 0.3 is 0 Å². The summed E-state index contributed by atoms with van der Waals surface area (Å²) < 4.78 is 22.9. The van der Waals surface area contributed by atoms with Gasteiger partial charge in [-0.3, -0.25) is 47.9 Å². The molecule has 4 unspecified atom stereocenters. The molecule has 4 atom stereocenters. The lowest BCUT2D eigenvalue weighted by Gasteiger charge is -2.21. The molecule has 89 heavy (non-hydrogen) atoms. The molecule has 10 amide bonds. The van der Waals surface area contributed by atoms with Gasteiger partial charge in [0.15, 0.2) is 17.6 Å². The third kappa shape index (κ3) is 15.3. The van der Waals surface area contributed by atoms with Crippen molar-refractivity contribution < 1.29 is 76.1 Å². The first-order chi connectivity index (χ1) is 42.0. The third-order valence-corrected chi connectivity index (χ3v) is 13.8. The van der Waals surface area contributed by atoms with Crippen molar-refractivity contribution in [1.82, 2.24) is 77.8 Å². The van der Waals surface area contributed by atoms with Crippen LogP contribution in [0, 0.1) is 20.8 Å². The number of fused-ring (bicyclic) bond motifs is 13. The predicted octanol–water partition coefficient (Wildman–Crippen LogP) is 1.43. The Morgan fingerprint density at radius 3 is 1.83 bits per heavy atom. The van der Waals surface area contributed by atoms with E-state index in [1.165, 1.54) is 70.7 Å². The second-order valence-corrected chi connectivity index (χ2v) is 20.5. The lowest BCUT2D eigenvalue weighted by atomic mass is 10.1. The number of aliphatic hydroxyl groups is 2. The smallest absolute Gasteiger partial charge is 0.278 e. The van der Waals surface area contributed by atoms with E-state index in [2.05, 4.69) is 105 Å². The lowest BCUT2D eigenvalue weighted by molar-refractivity contribution is -0.124. The van der Waals surface area contributed by atoms with Gasteiger partial charge in [-0.1, -0.05) is 39.0 Å². The van der Waals surface area contributed by atoms with E-state index in [1.54, 1.807) is 6.92 Å². The van der Waals surface area contributed by atoms with Crippen molar-refractivity contribution in [3.8, 4) is 22.0 Å². The number of aliphatic hydroxyl groups excluding tert-OH is 2. The summed E-state index contributed by atoms with van der Waals surface area (Å²) >= 11 is 1.81. The molecule has 0 aromatic carbocycles. The van der Waals surface area contributed by atoms with Crippen LogP contribution in [0.1, 0.15) is 119 Å². The number of aromatic nitrogens is 6. The number of nitrogens with zero attached hydrogens (tertiary/aromatic N) is 6. The number of thiazole rings is 2. The van der Waals surface area contributed by atoms with Crippen molar-refractivity contribution in [1.29, 1.82) is 0 Å². The van der Waals surface area contributed by atoms with E-state index in [9.17, 15) is 58.2 Å². The minimum Gasteiger partial charge on any atom is -0.440 e. The van der Waals surface area contributed by atoms with Gasteiger partial charge in [0, 0.05) is 23.4 Å². The molecule has 0 fully saturated rings. The molecule has 1 aliphatic heterocycles. The fourth-order valence-corrected chi connectivity index (χ4v) is 9.19. The normalized spacial score (nSPS) is 17.0. The summed E-state index contributed by atoms with van der Waals surface area (Å²) in [6.45, 7) is 26.0. The van der Waals surface area contributed by atoms with Crippen LogP contribution in [0.2, 0.25) is 0 Å². The summed E-state index contributed by atoms with van der Waals surface area (Å²) in [6, 6.07) is 0.792. The number of hydrogen-bond acceptors (Lipinski definition) is 24. The van der Waals surface area contributed by atoms with Crippen LogP contribution in [-0.2, 0) is 28.7 Å². The number of primary amides is 1. The number of amides is 10. The summed E-state index contributed by atoms with van der Waals surface area (Å²) in [7, 11) is 1.25. The SMILES string of the molecule is C=C(NC(=O)C(=C)NC(=O)C(=C)NC(=O)c1ccc2c(n1)-c1nc(oc1C)C(=C)NC(=O)C(=C)NC(=O)c1nc(oc1C)/C(=C\C)NC(=O)c1csc(n1)C(OC)NC(=O)c1nc(oc1C)/C(=C\C(C)O)NC(=O)C(C(C)O)NC(=O)c1csc-2n1)C(N)=O. The Bertz CT molecular complexity index is 4080. The first kappa shape index (κ1) is 65.3. The molecule has 7 rings (SSSR count). The number of pyridine rings is 1. The average Bonchev–Trinajstić information content (AvgIpc) is 1.77. The second-order valence-electron chi connectivity index (χ2n) is 18.7. The van der Waals surface area contributed by atoms with E-state index in [4.69, 9.17) is 23.7 Å². The Balaban J connectivity index is 1.25.